The summed E-state index contributed by atoms with van der Waals surface area (Å²) < 4.78 is 0. The molecule has 1 aromatic carbocycles. The zero-order valence-electron chi connectivity index (χ0n) is 11.6. The summed E-state index contributed by atoms with van der Waals surface area (Å²) in [4.78, 5) is 14.3. The molecular formula is C14H21N3OS. The molecule has 0 heterocycles. The Morgan fingerprint density at radius 3 is 2.79 bits per heavy atom. The topological polar surface area (TPSA) is 58.4 Å². The second kappa shape index (κ2) is 7.21. The second-order valence-electron chi connectivity index (χ2n) is 4.92. The number of hydrogen-bond donors (Lipinski definition) is 2. The molecule has 1 atom stereocenters. The summed E-state index contributed by atoms with van der Waals surface area (Å²) >= 11 is 4.92. The van der Waals surface area contributed by atoms with E-state index in [9.17, 15) is 4.79 Å². The predicted molar refractivity (Wildman–Crippen MR) is 83.3 cm³/mol. The molecule has 104 valence electrons. The number of anilines is 1. The minimum absolute atomic E-state index is 0.0387. The average molecular weight is 279 g/mol. The minimum Gasteiger partial charge on any atom is -0.393 e. The molecule has 0 aliphatic rings. The number of benzene rings is 1. The van der Waals surface area contributed by atoms with Gasteiger partial charge in [0, 0.05) is 18.2 Å². The number of nitrogens with two attached hydrogens (primary N) is 1. The fraction of sp³-hybridized carbons (Fsp3) is 0.429. The average Bonchev–Trinajstić information content (AvgIpc) is 2.27. The highest BCUT2D eigenvalue weighted by Crippen LogP contribution is 2.09. The Balaban J connectivity index is 2.45. The van der Waals surface area contributed by atoms with Gasteiger partial charge in [-0.15, -0.1) is 0 Å². The quantitative estimate of drug-likeness (QED) is 0.780. The molecule has 0 radical (unpaired) electrons. The molecule has 1 rings (SSSR count). The first-order valence-electron chi connectivity index (χ1n) is 6.23. The Kier molecular flexibility index (Phi) is 5.92. The molecular weight excluding hydrogens is 258 g/mol. The fourth-order valence-corrected chi connectivity index (χ4v) is 1.87. The van der Waals surface area contributed by atoms with E-state index in [0.29, 0.717) is 18.1 Å². The van der Waals surface area contributed by atoms with Crippen molar-refractivity contribution in [3.63, 3.8) is 0 Å². The van der Waals surface area contributed by atoms with Gasteiger partial charge in [-0.3, -0.25) is 9.69 Å². The third-order valence-electron chi connectivity index (χ3n) is 2.79. The summed E-state index contributed by atoms with van der Waals surface area (Å²) in [5.41, 5.74) is 7.50. The summed E-state index contributed by atoms with van der Waals surface area (Å²) in [6.45, 7) is 4.94. The van der Waals surface area contributed by atoms with Gasteiger partial charge in [0.25, 0.3) is 0 Å². The molecule has 0 aromatic heterocycles. The first kappa shape index (κ1) is 15.6. The van der Waals surface area contributed by atoms with Crippen LogP contribution in [0.2, 0.25) is 0 Å². The van der Waals surface area contributed by atoms with Crippen LogP contribution >= 0.6 is 12.2 Å². The molecule has 19 heavy (non-hydrogen) atoms. The normalized spacial score (nSPS) is 12.2. The van der Waals surface area contributed by atoms with Crippen LogP contribution in [0.3, 0.4) is 0 Å². The van der Waals surface area contributed by atoms with Gasteiger partial charge in [0.1, 0.15) is 0 Å². The van der Waals surface area contributed by atoms with Crippen LogP contribution in [0.15, 0.2) is 24.3 Å². The number of nitrogens with zero attached hydrogens (tertiary/aromatic N) is 1. The molecule has 0 aliphatic heterocycles. The van der Waals surface area contributed by atoms with Crippen LogP contribution in [0.25, 0.3) is 0 Å². The van der Waals surface area contributed by atoms with E-state index in [2.05, 4.69) is 5.32 Å². The van der Waals surface area contributed by atoms with Gasteiger partial charge in [-0.2, -0.15) is 0 Å². The first-order chi connectivity index (χ1) is 8.88. The van der Waals surface area contributed by atoms with E-state index in [-0.39, 0.29) is 11.8 Å². The van der Waals surface area contributed by atoms with E-state index in [4.69, 9.17) is 18.0 Å². The monoisotopic (exact) mass is 279 g/mol. The molecule has 0 aliphatic carbocycles. The van der Waals surface area contributed by atoms with Gasteiger partial charge < -0.3 is 11.1 Å². The van der Waals surface area contributed by atoms with E-state index in [1.54, 1.807) is 0 Å². The van der Waals surface area contributed by atoms with E-state index in [1.807, 2.05) is 50.1 Å². The summed E-state index contributed by atoms with van der Waals surface area (Å²) in [5.74, 6) is 0.0648. The number of amides is 1. The molecule has 5 heteroatoms. The second-order valence-corrected chi connectivity index (χ2v) is 5.39. The fourth-order valence-electron chi connectivity index (χ4n) is 1.79. The van der Waals surface area contributed by atoms with Crippen LogP contribution in [0, 0.1) is 12.8 Å². The lowest BCUT2D eigenvalue weighted by molar-refractivity contribution is -0.117. The Hall–Kier alpha value is -1.46. The highest BCUT2D eigenvalue weighted by atomic mass is 32.1. The van der Waals surface area contributed by atoms with E-state index < -0.39 is 0 Å². The number of thiocarbonyl (C=S) groups is 1. The SMILES string of the molecule is Cc1cccc(NC(=O)CN(C)CC(C)C(N)=S)c1. The number of carbonyl (C=O) groups is 1. The van der Waals surface area contributed by atoms with Crippen LogP contribution in [0.4, 0.5) is 5.69 Å². The minimum atomic E-state index is -0.0387. The maximum absolute atomic E-state index is 11.9. The van der Waals surface area contributed by atoms with Crippen LogP contribution in [0.5, 0.6) is 0 Å². The van der Waals surface area contributed by atoms with Crippen LogP contribution in [-0.4, -0.2) is 35.9 Å². The van der Waals surface area contributed by atoms with Gasteiger partial charge in [0.15, 0.2) is 0 Å². The van der Waals surface area contributed by atoms with E-state index >= 15 is 0 Å². The zero-order chi connectivity index (χ0) is 14.4. The Labute approximate surface area is 120 Å². The summed E-state index contributed by atoms with van der Waals surface area (Å²) in [6.07, 6.45) is 0. The van der Waals surface area contributed by atoms with Gasteiger partial charge in [-0.25, -0.2) is 0 Å². The highest BCUT2D eigenvalue weighted by Gasteiger charge is 2.12. The number of hydrogen-bond acceptors (Lipinski definition) is 3. The standard InChI is InChI=1S/C14H21N3OS/c1-10-5-4-6-12(7-10)16-13(18)9-17(3)8-11(2)14(15)19/h4-7,11H,8-9H2,1-3H3,(H2,15,19)(H,16,18). The molecule has 1 aromatic rings. The molecule has 0 bridgehead atoms. The van der Waals surface area contributed by atoms with Crippen LogP contribution in [0.1, 0.15) is 12.5 Å². The van der Waals surface area contributed by atoms with E-state index in [1.165, 1.54) is 0 Å². The maximum Gasteiger partial charge on any atom is 0.238 e. The van der Waals surface area contributed by atoms with Gasteiger partial charge in [0.2, 0.25) is 5.91 Å². The van der Waals surface area contributed by atoms with Crippen LogP contribution in [-0.2, 0) is 4.79 Å². The van der Waals surface area contributed by atoms with Crippen molar-refractivity contribution in [2.45, 2.75) is 13.8 Å². The van der Waals surface area contributed by atoms with Crippen molar-refractivity contribution >= 4 is 28.8 Å². The molecule has 0 spiro atoms. The maximum atomic E-state index is 11.9. The van der Waals surface area contributed by atoms with E-state index in [0.717, 1.165) is 11.3 Å². The summed E-state index contributed by atoms with van der Waals surface area (Å²) in [5, 5.41) is 2.87. The lowest BCUT2D eigenvalue weighted by Crippen LogP contribution is -2.36. The number of likely N-dealkylation sites (N-methyl/N-ethyl adjacent to an activating group) is 1. The van der Waals surface area contributed by atoms with Crippen molar-refractivity contribution in [2.75, 3.05) is 25.5 Å². The Morgan fingerprint density at radius 1 is 1.53 bits per heavy atom. The number of rotatable bonds is 6. The van der Waals surface area contributed by atoms with Gasteiger partial charge in [0.05, 0.1) is 11.5 Å². The van der Waals surface area contributed by atoms with Crippen molar-refractivity contribution in [3.8, 4) is 0 Å². The van der Waals surface area contributed by atoms with Gasteiger partial charge in [-0.05, 0) is 31.7 Å². The first-order valence-corrected chi connectivity index (χ1v) is 6.63. The van der Waals surface area contributed by atoms with Gasteiger partial charge >= 0.3 is 0 Å². The van der Waals surface area contributed by atoms with Crippen molar-refractivity contribution < 1.29 is 4.79 Å². The molecule has 3 N–H and O–H groups in total. The van der Waals surface area contributed by atoms with Crippen molar-refractivity contribution in [2.24, 2.45) is 11.7 Å². The Morgan fingerprint density at radius 2 is 2.21 bits per heavy atom. The molecule has 0 fully saturated rings. The smallest absolute Gasteiger partial charge is 0.238 e. The Bertz CT molecular complexity index is 462. The lowest BCUT2D eigenvalue weighted by atomic mass is 10.2. The molecule has 4 nitrogen and oxygen atoms in total. The summed E-state index contributed by atoms with van der Waals surface area (Å²) in [6, 6.07) is 7.73. The van der Waals surface area contributed by atoms with Gasteiger partial charge in [-0.1, -0.05) is 31.3 Å². The lowest BCUT2D eigenvalue weighted by Gasteiger charge is -2.20. The van der Waals surface area contributed by atoms with Crippen molar-refractivity contribution in [1.82, 2.24) is 4.90 Å². The highest BCUT2D eigenvalue weighted by molar-refractivity contribution is 7.80. The number of aryl methyl sites for hydroxylation is 1. The molecule has 0 saturated carbocycles. The number of carbonyl (C=O) groups excluding carboxylic acids is 1. The third-order valence-corrected chi connectivity index (χ3v) is 3.19. The zero-order valence-corrected chi connectivity index (χ0v) is 12.5. The van der Waals surface area contributed by atoms with Crippen LogP contribution < -0.4 is 11.1 Å². The molecule has 0 saturated heterocycles. The molecule has 1 amide bonds. The third kappa shape index (κ3) is 5.81. The van der Waals surface area contributed by atoms with Crippen molar-refractivity contribution in [3.05, 3.63) is 29.8 Å². The summed E-state index contributed by atoms with van der Waals surface area (Å²) in [7, 11) is 1.88. The number of nitrogens with one attached hydrogen (secondary N) is 1. The molecule has 1 unspecified atom stereocenters. The predicted octanol–water partition coefficient (Wildman–Crippen LogP) is 1.79. The largest absolute Gasteiger partial charge is 0.393 e. The van der Waals surface area contributed by atoms with Crippen molar-refractivity contribution in [1.29, 1.82) is 0 Å².